The molecule has 11 heteroatoms. The van der Waals surface area contributed by atoms with Gasteiger partial charge in [-0.25, -0.2) is 13.8 Å². The molecule has 1 saturated heterocycles. The molecule has 4 aromatic rings. The van der Waals surface area contributed by atoms with Crippen molar-refractivity contribution < 1.29 is 18.3 Å². The third-order valence-electron chi connectivity index (χ3n) is 5.75. The highest BCUT2D eigenvalue weighted by molar-refractivity contribution is 7.24. The predicted molar refractivity (Wildman–Crippen MR) is 129 cm³/mol. The number of nitrogens with one attached hydrogen (secondary N) is 2. The fourth-order valence-corrected chi connectivity index (χ4v) is 5.32. The van der Waals surface area contributed by atoms with Crippen LogP contribution in [0, 0.1) is 5.82 Å². The zero-order valence-electron chi connectivity index (χ0n) is 18.3. The van der Waals surface area contributed by atoms with Crippen molar-refractivity contribution in [2.75, 3.05) is 57.5 Å². The Labute approximate surface area is 197 Å². The van der Waals surface area contributed by atoms with E-state index in [1.54, 1.807) is 9.30 Å². The van der Waals surface area contributed by atoms with Crippen molar-refractivity contribution in [3.63, 3.8) is 0 Å². The Kier molecular flexibility index (Phi) is 6.40. The molecule has 1 fully saturated rings. The Bertz CT molecular complexity index is 1430. The van der Waals surface area contributed by atoms with E-state index in [0.29, 0.717) is 43.3 Å². The number of carbonyl (C=O) groups excluding carboxylic acids is 1. The number of para-hydroxylation sites is 1. The first-order chi connectivity index (χ1) is 16.6. The van der Waals surface area contributed by atoms with Gasteiger partial charge in [-0.3, -0.25) is 14.0 Å². The van der Waals surface area contributed by atoms with Crippen LogP contribution in [0.1, 0.15) is 10.4 Å². The molecule has 3 aromatic heterocycles. The molecule has 1 aliphatic heterocycles. The van der Waals surface area contributed by atoms with E-state index in [2.05, 4.69) is 15.6 Å². The van der Waals surface area contributed by atoms with Crippen LogP contribution in [0.5, 0.6) is 0 Å². The normalized spacial score (nSPS) is 14.4. The number of anilines is 1. The summed E-state index contributed by atoms with van der Waals surface area (Å²) < 4.78 is 35.4. The smallest absolute Gasteiger partial charge is 0.258 e. The highest BCUT2D eigenvalue weighted by atomic mass is 32.1. The van der Waals surface area contributed by atoms with E-state index >= 15 is 4.39 Å². The molecule has 0 saturated carbocycles. The first-order valence-electron chi connectivity index (χ1n) is 11.0. The molecule has 4 heterocycles. The maximum atomic E-state index is 15.1. The molecule has 0 unspecified atom stereocenters. The number of morpholine rings is 1. The number of halogens is 2. The Morgan fingerprint density at radius 2 is 1.97 bits per heavy atom. The maximum Gasteiger partial charge on any atom is 0.258 e. The lowest BCUT2D eigenvalue weighted by molar-refractivity contribution is 0.0954. The second kappa shape index (κ2) is 9.61. The van der Waals surface area contributed by atoms with Crippen molar-refractivity contribution in [1.29, 1.82) is 0 Å². The number of nitrogens with zero attached hydrogens (tertiary/aromatic N) is 3. The number of amides is 1. The average Bonchev–Trinajstić information content (AvgIpc) is 3.23. The van der Waals surface area contributed by atoms with Crippen LogP contribution in [0.25, 0.3) is 26.1 Å². The number of rotatable bonds is 7. The molecular weight excluding hydrogens is 464 g/mol. The fourth-order valence-electron chi connectivity index (χ4n) is 4.14. The molecule has 34 heavy (non-hydrogen) atoms. The average molecular weight is 488 g/mol. The van der Waals surface area contributed by atoms with E-state index in [9.17, 15) is 14.0 Å². The third kappa shape index (κ3) is 3.99. The molecule has 2 N–H and O–H groups in total. The van der Waals surface area contributed by atoms with Crippen LogP contribution in [0.15, 0.2) is 35.1 Å². The largest absolute Gasteiger partial charge is 0.378 e. The van der Waals surface area contributed by atoms with Crippen molar-refractivity contribution in [2.45, 2.75) is 0 Å². The van der Waals surface area contributed by atoms with E-state index in [1.807, 2.05) is 24.3 Å². The monoisotopic (exact) mass is 487 g/mol. The van der Waals surface area contributed by atoms with Crippen molar-refractivity contribution in [3.05, 3.63) is 51.9 Å². The summed E-state index contributed by atoms with van der Waals surface area (Å²) in [6, 6.07) is 8.69. The zero-order valence-corrected chi connectivity index (χ0v) is 19.1. The molecule has 1 aromatic carbocycles. The van der Waals surface area contributed by atoms with Crippen LogP contribution < -0.4 is 21.0 Å². The summed E-state index contributed by atoms with van der Waals surface area (Å²) in [6.45, 7) is 2.18. The Morgan fingerprint density at radius 1 is 1.18 bits per heavy atom. The Hall–Kier alpha value is -3.15. The van der Waals surface area contributed by atoms with Gasteiger partial charge in [-0.1, -0.05) is 12.1 Å². The lowest BCUT2D eigenvalue weighted by Gasteiger charge is -2.28. The number of benzene rings is 1. The number of hydrogen-bond donors (Lipinski definition) is 2. The summed E-state index contributed by atoms with van der Waals surface area (Å²) in [4.78, 5) is 33.4. The van der Waals surface area contributed by atoms with Gasteiger partial charge in [0.1, 0.15) is 17.1 Å². The van der Waals surface area contributed by atoms with Crippen LogP contribution in [-0.2, 0) is 4.74 Å². The highest BCUT2D eigenvalue weighted by Gasteiger charge is 2.25. The molecule has 5 rings (SSSR count). The van der Waals surface area contributed by atoms with Crippen LogP contribution in [0.2, 0.25) is 0 Å². The first-order valence-corrected chi connectivity index (χ1v) is 11.9. The molecule has 0 bridgehead atoms. The van der Waals surface area contributed by atoms with Crippen LogP contribution in [-0.4, -0.2) is 67.9 Å². The van der Waals surface area contributed by atoms with Crippen molar-refractivity contribution >= 4 is 49.1 Å². The fraction of sp³-hybridized carbons (Fsp3) is 0.348. The summed E-state index contributed by atoms with van der Waals surface area (Å²) >= 11 is 1.31. The summed E-state index contributed by atoms with van der Waals surface area (Å²) in [5.41, 5.74) is 0.454. The van der Waals surface area contributed by atoms with Gasteiger partial charge in [0.15, 0.2) is 17.3 Å². The van der Waals surface area contributed by atoms with Gasteiger partial charge in [0.2, 0.25) is 5.43 Å². The van der Waals surface area contributed by atoms with E-state index < -0.39 is 23.8 Å². The minimum Gasteiger partial charge on any atom is -0.378 e. The second-order valence-corrected chi connectivity index (χ2v) is 8.90. The molecule has 0 aliphatic carbocycles. The van der Waals surface area contributed by atoms with E-state index in [-0.39, 0.29) is 29.9 Å². The van der Waals surface area contributed by atoms with E-state index in [4.69, 9.17) is 4.74 Å². The number of carbonyl (C=O) groups is 1. The number of fused-ring (bicyclic) bond motifs is 5. The number of pyridine rings is 2. The standard InChI is InChI=1S/C23H23F2N5O3S/c24-5-6-26-7-8-27-22(32)18-19(31)14-13-15(25)21(29-9-11-33-12-10-29)28-20(14)30-16-3-1-2-4-17(16)34-23(18)30/h1-4,13,26H,5-12H2,(H,27,32). The van der Waals surface area contributed by atoms with Gasteiger partial charge >= 0.3 is 0 Å². The minimum absolute atomic E-state index is 0.0382. The number of ether oxygens (including phenoxy) is 1. The van der Waals surface area contributed by atoms with E-state index in [1.165, 1.54) is 17.4 Å². The number of thiazole rings is 1. The molecule has 0 atom stereocenters. The lowest BCUT2D eigenvalue weighted by atomic mass is 10.1. The quantitative estimate of drug-likeness (QED) is 0.389. The second-order valence-electron chi connectivity index (χ2n) is 7.87. The third-order valence-corrected chi connectivity index (χ3v) is 6.89. The van der Waals surface area contributed by atoms with Crippen LogP contribution in [0.3, 0.4) is 0 Å². The Balaban J connectivity index is 1.69. The highest BCUT2D eigenvalue weighted by Crippen LogP contribution is 2.32. The van der Waals surface area contributed by atoms with Crippen LogP contribution >= 0.6 is 11.3 Å². The number of hydrogen-bond acceptors (Lipinski definition) is 7. The summed E-state index contributed by atoms with van der Waals surface area (Å²) in [5, 5.41) is 5.59. The number of alkyl halides is 1. The number of aromatic nitrogens is 2. The van der Waals surface area contributed by atoms with Gasteiger partial charge in [-0.05, 0) is 18.2 Å². The van der Waals surface area contributed by atoms with Crippen LogP contribution in [0.4, 0.5) is 14.6 Å². The van der Waals surface area contributed by atoms with Gasteiger partial charge in [-0.2, -0.15) is 0 Å². The molecule has 8 nitrogen and oxygen atoms in total. The maximum absolute atomic E-state index is 15.1. The Morgan fingerprint density at radius 3 is 2.76 bits per heavy atom. The molecule has 178 valence electrons. The molecule has 1 amide bonds. The van der Waals surface area contributed by atoms with Gasteiger partial charge in [0.25, 0.3) is 5.91 Å². The molecule has 0 spiro atoms. The van der Waals surface area contributed by atoms with Gasteiger partial charge in [-0.15, -0.1) is 11.3 Å². The van der Waals surface area contributed by atoms with Gasteiger partial charge < -0.3 is 20.3 Å². The van der Waals surface area contributed by atoms with Crippen molar-refractivity contribution in [1.82, 2.24) is 20.0 Å². The van der Waals surface area contributed by atoms with Gasteiger partial charge in [0, 0.05) is 32.7 Å². The van der Waals surface area contributed by atoms with Gasteiger partial charge in [0.05, 0.1) is 28.8 Å². The first kappa shape index (κ1) is 22.6. The van der Waals surface area contributed by atoms with E-state index in [0.717, 1.165) is 10.2 Å². The predicted octanol–water partition coefficient (Wildman–Crippen LogP) is 2.33. The molecule has 0 radical (unpaired) electrons. The molecule has 1 aliphatic rings. The van der Waals surface area contributed by atoms with Crippen molar-refractivity contribution in [3.8, 4) is 0 Å². The topological polar surface area (TPSA) is 88.0 Å². The summed E-state index contributed by atoms with van der Waals surface area (Å²) in [6.07, 6.45) is 0. The summed E-state index contributed by atoms with van der Waals surface area (Å²) in [7, 11) is 0. The summed E-state index contributed by atoms with van der Waals surface area (Å²) in [5.74, 6) is -1.01. The minimum atomic E-state index is -0.618. The molecular formula is C23H23F2N5O3S. The lowest BCUT2D eigenvalue weighted by Crippen LogP contribution is -2.37. The van der Waals surface area contributed by atoms with Crippen molar-refractivity contribution in [2.24, 2.45) is 0 Å². The SMILES string of the molecule is O=C(NCCNCCF)c1c(=O)c2cc(F)c(N3CCOCC3)nc2n2c1sc1ccccc12. The zero-order chi connectivity index (χ0) is 23.7.